The number of hydrogen-bond acceptors (Lipinski definition) is 14. The van der Waals surface area contributed by atoms with Gasteiger partial charge in [-0.1, -0.05) is 38.1 Å². The highest BCUT2D eigenvalue weighted by Crippen LogP contribution is 2.55. The van der Waals surface area contributed by atoms with Crippen molar-refractivity contribution in [2.45, 2.75) is 132 Å². The molecule has 72 heavy (non-hydrogen) atoms. The Morgan fingerprint density at radius 2 is 1.76 bits per heavy atom. The second-order valence-electron chi connectivity index (χ2n) is 21.8. The van der Waals surface area contributed by atoms with Crippen LogP contribution in [-0.2, 0) is 14.8 Å². The average Bonchev–Trinajstić information content (AvgIpc) is 4.06. The molecule has 0 bridgehead atoms. The minimum absolute atomic E-state index is 0.0133. The SMILES string of the molecule is CC(C)c1ccccc1[C@@H]1CCCN1C1CC2(CCN(c3ccc(C(=O)NS(=O)(=O)c4cc5c(c([N+](=O)[O-])c4)N[C@@H](C4CCC(O)CC4)CO5)c(N4c5cc6cc[nH]c6nc5O[C@@H]5CCOC[C@@H]54)c3)CC2)C1. The number of nitrogens with one attached hydrogen (secondary N) is 3. The van der Waals surface area contributed by atoms with Crippen molar-refractivity contribution in [3.05, 3.63) is 99.7 Å². The third-order valence-electron chi connectivity index (χ3n) is 17.2. The molecule has 12 rings (SSSR count). The Hall–Kier alpha value is -5.95. The number of likely N-dealkylation sites (tertiary alicyclic amines) is 1. The first kappa shape index (κ1) is 47.1. The number of ether oxygens (including phenoxy) is 3. The summed E-state index contributed by atoms with van der Waals surface area (Å²) in [6.45, 7) is 8.35. The summed E-state index contributed by atoms with van der Waals surface area (Å²) in [6.07, 6.45) is 11.3. The van der Waals surface area contributed by atoms with Gasteiger partial charge in [0.25, 0.3) is 21.6 Å². The summed E-state index contributed by atoms with van der Waals surface area (Å²) >= 11 is 0. The first-order valence-corrected chi connectivity index (χ1v) is 27.5. The van der Waals surface area contributed by atoms with E-state index in [2.05, 4.69) is 62.9 Å². The highest BCUT2D eigenvalue weighted by Gasteiger charge is 2.50. The van der Waals surface area contributed by atoms with Crippen molar-refractivity contribution in [2.75, 3.05) is 54.6 Å². The predicted molar refractivity (Wildman–Crippen MR) is 273 cm³/mol. The number of nitrogens with zero attached hydrogens (tertiary/aromatic N) is 5. The molecule has 0 radical (unpaired) electrons. The number of rotatable bonds is 10. The number of carbonyl (C=O) groups excluding carboxylic acids is 1. The first-order valence-electron chi connectivity index (χ1n) is 26.0. The predicted octanol–water partition coefficient (Wildman–Crippen LogP) is 8.71. The molecule has 380 valence electrons. The second-order valence-corrected chi connectivity index (χ2v) is 23.4. The number of benzene rings is 3. The number of nitro benzene ring substituents is 1. The Kier molecular flexibility index (Phi) is 12.1. The maximum absolute atomic E-state index is 14.8. The number of hydrogen-bond donors (Lipinski definition) is 4. The molecule has 1 spiro atoms. The van der Waals surface area contributed by atoms with Crippen LogP contribution in [0.4, 0.5) is 28.4 Å². The number of anilines is 4. The van der Waals surface area contributed by atoms with Gasteiger partial charge < -0.3 is 39.4 Å². The van der Waals surface area contributed by atoms with Crippen LogP contribution in [0.2, 0.25) is 0 Å². The topological polar surface area (TPSA) is 205 Å². The number of H-pyrrole nitrogens is 1. The molecule has 17 nitrogen and oxygen atoms in total. The Labute approximate surface area is 419 Å². The van der Waals surface area contributed by atoms with Crippen molar-refractivity contribution < 1.29 is 37.5 Å². The quantitative estimate of drug-likeness (QED) is 0.0764. The molecule has 18 heteroatoms. The number of carbonyl (C=O) groups is 1. The van der Waals surface area contributed by atoms with Crippen LogP contribution in [0.25, 0.3) is 11.0 Å². The molecule has 0 unspecified atom stereocenters. The van der Waals surface area contributed by atoms with E-state index in [0.29, 0.717) is 73.4 Å². The molecule has 2 aromatic heterocycles. The van der Waals surface area contributed by atoms with Crippen molar-refractivity contribution in [3.63, 3.8) is 0 Å². The lowest BCUT2D eigenvalue weighted by Crippen LogP contribution is -2.55. The molecule has 2 aliphatic carbocycles. The fraction of sp³-hybridized carbons (Fsp3) is 0.519. The van der Waals surface area contributed by atoms with E-state index < -0.39 is 31.4 Å². The maximum atomic E-state index is 14.8. The molecule has 3 saturated heterocycles. The largest absolute Gasteiger partial charge is 0.489 e. The number of pyridine rings is 1. The highest BCUT2D eigenvalue weighted by molar-refractivity contribution is 7.90. The van der Waals surface area contributed by atoms with E-state index in [0.717, 1.165) is 62.5 Å². The zero-order chi connectivity index (χ0) is 49.5. The van der Waals surface area contributed by atoms with Gasteiger partial charge in [-0.05, 0) is 129 Å². The Morgan fingerprint density at radius 3 is 2.56 bits per heavy atom. The van der Waals surface area contributed by atoms with Crippen molar-refractivity contribution in [3.8, 4) is 11.6 Å². The van der Waals surface area contributed by atoms with Crippen molar-refractivity contribution in [1.82, 2.24) is 19.6 Å². The van der Waals surface area contributed by atoms with Gasteiger partial charge in [-0.25, -0.2) is 13.1 Å². The summed E-state index contributed by atoms with van der Waals surface area (Å²) in [5.41, 5.74) is 5.60. The van der Waals surface area contributed by atoms with Gasteiger partial charge in [-0.2, -0.15) is 4.98 Å². The van der Waals surface area contributed by atoms with Crippen molar-refractivity contribution >= 4 is 55.4 Å². The van der Waals surface area contributed by atoms with Crippen LogP contribution in [0.1, 0.15) is 118 Å². The number of aliphatic hydroxyl groups is 1. The number of aromatic nitrogens is 2. The van der Waals surface area contributed by atoms with Crippen LogP contribution in [0.5, 0.6) is 11.6 Å². The average molecular weight is 1000 g/mol. The molecule has 5 aromatic rings. The summed E-state index contributed by atoms with van der Waals surface area (Å²) in [6, 6.07) is 21.1. The number of sulfonamides is 1. The third kappa shape index (κ3) is 8.50. The number of aliphatic hydroxyl groups excluding tert-OH is 1. The van der Waals surface area contributed by atoms with E-state index >= 15 is 0 Å². The Morgan fingerprint density at radius 1 is 0.958 bits per heavy atom. The summed E-state index contributed by atoms with van der Waals surface area (Å²) in [5, 5.41) is 26.7. The lowest BCUT2D eigenvalue weighted by Gasteiger charge is -2.56. The van der Waals surface area contributed by atoms with Gasteiger partial charge >= 0.3 is 0 Å². The van der Waals surface area contributed by atoms with Gasteiger partial charge in [0.2, 0.25) is 5.88 Å². The molecule has 3 aromatic carbocycles. The minimum atomic E-state index is -4.70. The van der Waals surface area contributed by atoms with Gasteiger partial charge in [0.1, 0.15) is 24.0 Å². The second kappa shape index (κ2) is 18.5. The van der Waals surface area contributed by atoms with Crippen LogP contribution in [0, 0.1) is 21.4 Å². The summed E-state index contributed by atoms with van der Waals surface area (Å²) in [4.78, 5) is 41.5. The first-order chi connectivity index (χ1) is 34.8. The molecular formula is C54H64N8O9S. The number of nitro groups is 1. The smallest absolute Gasteiger partial charge is 0.297 e. The monoisotopic (exact) mass is 1000 g/mol. The zero-order valence-electron chi connectivity index (χ0n) is 40.9. The lowest BCUT2D eigenvalue weighted by molar-refractivity contribution is -0.384. The molecule has 1 amide bonds. The fourth-order valence-corrected chi connectivity index (χ4v) is 14.3. The van der Waals surface area contributed by atoms with E-state index in [1.54, 1.807) is 6.07 Å². The Bertz CT molecular complexity index is 3010. The van der Waals surface area contributed by atoms with Gasteiger partial charge in [0, 0.05) is 61.0 Å². The standard InChI is InChI=1S/C54H64N8O9S/c1-32(2)39-6-3-4-7-40(39)43-8-5-20-60(43)36-28-54(29-36)17-21-59(22-18-54)35-11-14-41(44(25-35)61-46-24-34-15-19-55-51(34)57-53(46)71-48-16-23-69-31-47(48)61)52(64)58-72(67,68)38-26-45(62(65)66)50-49(27-38)70-30-42(56-50)33-9-12-37(63)13-10-33/h3-4,6-7,11,14-15,19,24-27,32-33,36-37,42-43,47-48,56,63H,5,8-10,12-13,16-18,20-23,28-31H2,1-2H3,(H,55,57)(H,58,64)/t33?,37?,42-,43+,47+,48-/m1/s1. The van der Waals surface area contributed by atoms with Gasteiger partial charge in [0.15, 0.2) is 11.4 Å². The number of piperidine rings is 1. The summed E-state index contributed by atoms with van der Waals surface area (Å²) in [7, 11) is -4.70. The molecular weight excluding hydrogens is 937 g/mol. The van der Waals surface area contributed by atoms with Crippen LogP contribution in [-0.4, -0.2) is 109 Å². The van der Waals surface area contributed by atoms with Gasteiger partial charge in [-0.3, -0.25) is 19.8 Å². The molecule has 2 saturated carbocycles. The van der Waals surface area contributed by atoms with Gasteiger partial charge in [0.05, 0.1) is 52.5 Å². The maximum Gasteiger partial charge on any atom is 0.297 e. The van der Waals surface area contributed by atoms with Crippen molar-refractivity contribution in [1.29, 1.82) is 0 Å². The lowest BCUT2D eigenvalue weighted by atomic mass is 9.59. The summed E-state index contributed by atoms with van der Waals surface area (Å²) < 4.78 is 49.7. The molecule has 5 aliphatic heterocycles. The molecule has 4 N–H and O–H groups in total. The van der Waals surface area contributed by atoms with E-state index in [1.807, 2.05) is 35.4 Å². The number of amides is 1. The van der Waals surface area contributed by atoms with Crippen LogP contribution >= 0.6 is 0 Å². The van der Waals surface area contributed by atoms with E-state index in [4.69, 9.17) is 19.2 Å². The van der Waals surface area contributed by atoms with Crippen LogP contribution in [0.3, 0.4) is 0 Å². The molecule has 7 heterocycles. The highest BCUT2D eigenvalue weighted by atomic mass is 32.2. The minimum Gasteiger partial charge on any atom is -0.489 e. The van der Waals surface area contributed by atoms with E-state index in [1.165, 1.54) is 42.9 Å². The summed E-state index contributed by atoms with van der Waals surface area (Å²) in [5.74, 6) is 0.110. The van der Waals surface area contributed by atoms with Crippen molar-refractivity contribution in [2.24, 2.45) is 11.3 Å². The molecule has 7 aliphatic rings. The van der Waals surface area contributed by atoms with E-state index in [-0.39, 0.29) is 59.2 Å². The van der Waals surface area contributed by atoms with Crippen LogP contribution < -0.4 is 29.3 Å². The van der Waals surface area contributed by atoms with Crippen LogP contribution in [0.15, 0.2) is 77.8 Å². The van der Waals surface area contributed by atoms with Gasteiger partial charge in [-0.15, -0.1) is 0 Å². The Balaban J connectivity index is 0.834. The number of aromatic amines is 1. The molecule has 4 atom stereocenters. The molecule has 5 fully saturated rings. The number of fused-ring (bicyclic) bond motifs is 4. The third-order valence-corrected chi connectivity index (χ3v) is 18.5. The van der Waals surface area contributed by atoms with E-state index in [9.17, 15) is 28.4 Å². The fourth-order valence-electron chi connectivity index (χ4n) is 13.3. The normalized spacial score (nSPS) is 26.2. The zero-order valence-corrected chi connectivity index (χ0v) is 41.7.